The Kier molecular flexibility index (Phi) is 4.75. The number of esters is 1. The van der Waals surface area contributed by atoms with Gasteiger partial charge in [-0.3, -0.25) is 4.79 Å². The summed E-state index contributed by atoms with van der Waals surface area (Å²) in [6.45, 7) is 0.638. The number of fused-ring (bicyclic) bond motifs is 2. The molecule has 2 bridgehead atoms. The highest BCUT2D eigenvalue weighted by Gasteiger charge is 2.52. The van der Waals surface area contributed by atoms with Gasteiger partial charge in [-0.25, -0.2) is 13.1 Å². The third-order valence-corrected chi connectivity index (χ3v) is 6.83. The summed E-state index contributed by atoms with van der Waals surface area (Å²) >= 11 is 0. The predicted octanol–water partition coefficient (Wildman–Crippen LogP) is 1.06. The topological polar surface area (TPSA) is 81.7 Å². The quantitative estimate of drug-likeness (QED) is 0.762. The van der Waals surface area contributed by atoms with Crippen LogP contribution in [0.2, 0.25) is 0 Å². The Morgan fingerprint density at radius 2 is 2.00 bits per heavy atom. The summed E-state index contributed by atoms with van der Waals surface area (Å²) in [5.41, 5.74) is 0. The Balaban J connectivity index is 1.66. The predicted molar refractivity (Wildman–Crippen MR) is 80.6 cm³/mol. The molecule has 2 saturated carbocycles. The molecule has 0 aromatic carbocycles. The van der Waals surface area contributed by atoms with Crippen molar-refractivity contribution in [1.82, 2.24) is 4.72 Å². The number of nitrogens with one attached hydrogen (secondary N) is 1. The Labute approximate surface area is 132 Å². The number of carbonyl (C=O) groups excluding carboxylic acids is 1. The smallest absolute Gasteiger partial charge is 0.310 e. The van der Waals surface area contributed by atoms with Gasteiger partial charge in [-0.2, -0.15) is 0 Å². The van der Waals surface area contributed by atoms with E-state index in [0.29, 0.717) is 6.61 Å². The van der Waals surface area contributed by atoms with Gasteiger partial charge in [0.25, 0.3) is 0 Å². The van der Waals surface area contributed by atoms with Crippen LogP contribution in [0.3, 0.4) is 0 Å². The second kappa shape index (κ2) is 6.45. The van der Waals surface area contributed by atoms with E-state index in [1.165, 1.54) is 7.11 Å². The molecule has 22 heavy (non-hydrogen) atoms. The van der Waals surface area contributed by atoms with Crippen molar-refractivity contribution in [3.05, 3.63) is 0 Å². The van der Waals surface area contributed by atoms with Crippen LogP contribution in [0.5, 0.6) is 0 Å². The third kappa shape index (κ3) is 3.31. The molecule has 3 aliphatic rings. The van der Waals surface area contributed by atoms with Crippen molar-refractivity contribution < 1.29 is 22.7 Å². The number of hydrogen-bond acceptors (Lipinski definition) is 5. The van der Waals surface area contributed by atoms with E-state index >= 15 is 0 Å². The number of methoxy groups -OCH3 is 1. The highest BCUT2D eigenvalue weighted by Crippen LogP contribution is 2.49. The standard InChI is InChI=1S/C15H25NO5S/c1-20-15(17)13-10-5-6-11(8-10)14(13)16-22(18,19)9-12-4-2-3-7-21-12/h10-14,16H,2-9H2,1H3. The van der Waals surface area contributed by atoms with Gasteiger partial charge in [0, 0.05) is 12.6 Å². The fourth-order valence-electron chi connectivity index (χ4n) is 4.38. The van der Waals surface area contributed by atoms with Crippen molar-refractivity contribution in [2.75, 3.05) is 19.5 Å². The molecular weight excluding hydrogens is 306 g/mol. The molecule has 6 nitrogen and oxygen atoms in total. The molecule has 0 aromatic heterocycles. The summed E-state index contributed by atoms with van der Waals surface area (Å²) in [6.07, 6.45) is 5.49. The molecule has 3 fully saturated rings. The normalized spacial score (nSPS) is 38.1. The molecule has 0 aromatic rings. The molecule has 0 spiro atoms. The van der Waals surface area contributed by atoms with Crippen LogP contribution in [0.25, 0.3) is 0 Å². The minimum Gasteiger partial charge on any atom is -0.469 e. The average molecular weight is 331 g/mol. The SMILES string of the molecule is COC(=O)C1C2CCC(C2)C1NS(=O)(=O)CC1CCCCO1. The Morgan fingerprint density at radius 3 is 2.68 bits per heavy atom. The van der Waals surface area contributed by atoms with Gasteiger partial charge < -0.3 is 9.47 Å². The summed E-state index contributed by atoms with van der Waals surface area (Å²) in [5, 5.41) is 0. The number of sulfonamides is 1. The maximum Gasteiger partial charge on any atom is 0.310 e. The molecule has 3 rings (SSSR count). The average Bonchev–Trinajstić information content (AvgIpc) is 3.07. The lowest BCUT2D eigenvalue weighted by Gasteiger charge is -2.30. The lowest BCUT2D eigenvalue weighted by molar-refractivity contribution is -0.148. The van der Waals surface area contributed by atoms with Crippen LogP contribution >= 0.6 is 0 Å². The zero-order valence-corrected chi connectivity index (χ0v) is 13.8. The van der Waals surface area contributed by atoms with Crippen molar-refractivity contribution in [2.45, 2.75) is 50.7 Å². The molecule has 1 aliphatic heterocycles. The van der Waals surface area contributed by atoms with Gasteiger partial charge in [0.2, 0.25) is 10.0 Å². The van der Waals surface area contributed by atoms with Gasteiger partial charge in [0.15, 0.2) is 0 Å². The fourth-order valence-corrected chi connectivity index (χ4v) is 5.98. The van der Waals surface area contributed by atoms with E-state index in [1.807, 2.05) is 0 Å². The maximum atomic E-state index is 12.4. The first-order valence-corrected chi connectivity index (χ1v) is 9.85. The Morgan fingerprint density at radius 1 is 1.23 bits per heavy atom. The molecule has 1 heterocycles. The van der Waals surface area contributed by atoms with Crippen LogP contribution in [-0.2, 0) is 24.3 Å². The van der Waals surface area contributed by atoms with Gasteiger partial charge in [-0.15, -0.1) is 0 Å². The van der Waals surface area contributed by atoms with Crippen LogP contribution in [0.1, 0.15) is 38.5 Å². The van der Waals surface area contributed by atoms with Gasteiger partial charge in [0.1, 0.15) is 0 Å². The van der Waals surface area contributed by atoms with E-state index in [-0.39, 0.29) is 41.6 Å². The summed E-state index contributed by atoms with van der Waals surface area (Å²) in [6, 6.07) is -0.306. The number of carbonyl (C=O) groups is 1. The number of rotatable bonds is 5. The van der Waals surface area contributed by atoms with Gasteiger partial charge in [-0.05, 0) is 50.4 Å². The Hall–Kier alpha value is -0.660. The van der Waals surface area contributed by atoms with Gasteiger partial charge in [0.05, 0.1) is 24.9 Å². The van der Waals surface area contributed by atoms with E-state index in [4.69, 9.17) is 9.47 Å². The molecule has 1 N–H and O–H groups in total. The molecule has 0 amide bonds. The molecule has 2 aliphatic carbocycles. The third-order valence-electron chi connectivity index (χ3n) is 5.38. The lowest BCUT2D eigenvalue weighted by Crippen LogP contribution is -2.49. The van der Waals surface area contributed by atoms with Crippen LogP contribution < -0.4 is 4.72 Å². The molecule has 1 saturated heterocycles. The minimum absolute atomic E-state index is 0.00518. The molecule has 5 unspecified atom stereocenters. The number of ether oxygens (including phenoxy) is 2. The van der Waals surface area contributed by atoms with E-state index in [1.54, 1.807) is 0 Å². The van der Waals surface area contributed by atoms with Crippen molar-refractivity contribution in [1.29, 1.82) is 0 Å². The second-order valence-electron chi connectivity index (χ2n) is 6.80. The lowest BCUT2D eigenvalue weighted by atomic mass is 9.85. The zero-order chi connectivity index (χ0) is 15.7. The minimum atomic E-state index is -3.44. The van der Waals surface area contributed by atoms with Crippen molar-refractivity contribution >= 4 is 16.0 Å². The highest BCUT2D eigenvalue weighted by molar-refractivity contribution is 7.89. The van der Waals surface area contributed by atoms with Gasteiger partial charge >= 0.3 is 5.97 Å². The second-order valence-corrected chi connectivity index (χ2v) is 8.59. The Bertz CT molecular complexity index is 514. The maximum absolute atomic E-state index is 12.4. The summed E-state index contributed by atoms with van der Waals surface area (Å²) in [7, 11) is -2.07. The van der Waals surface area contributed by atoms with E-state index in [9.17, 15) is 13.2 Å². The van der Waals surface area contributed by atoms with E-state index < -0.39 is 10.0 Å². The molecule has 7 heteroatoms. The van der Waals surface area contributed by atoms with E-state index in [0.717, 1.165) is 38.5 Å². The summed E-state index contributed by atoms with van der Waals surface area (Å²) < 4.78 is 38.1. The zero-order valence-electron chi connectivity index (χ0n) is 13.0. The first kappa shape index (κ1) is 16.2. The van der Waals surface area contributed by atoms with Crippen molar-refractivity contribution in [3.63, 3.8) is 0 Å². The van der Waals surface area contributed by atoms with Crippen molar-refractivity contribution in [2.24, 2.45) is 17.8 Å². The first-order valence-electron chi connectivity index (χ1n) is 8.19. The fraction of sp³-hybridized carbons (Fsp3) is 0.933. The van der Waals surface area contributed by atoms with Crippen LogP contribution in [-0.4, -0.2) is 46.0 Å². The molecule has 5 atom stereocenters. The summed E-state index contributed by atoms with van der Waals surface area (Å²) in [5.74, 6) is -0.0961. The van der Waals surface area contributed by atoms with Crippen LogP contribution in [0.15, 0.2) is 0 Å². The largest absolute Gasteiger partial charge is 0.469 e. The number of hydrogen-bond donors (Lipinski definition) is 1. The van der Waals surface area contributed by atoms with Gasteiger partial charge in [-0.1, -0.05) is 0 Å². The van der Waals surface area contributed by atoms with E-state index in [2.05, 4.69) is 4.72 Å². The van der Waals surface area contributed by atoms with Crippen molar-refractivity contribution in [3.8, 4) is 0 Å². The molecule has 126 valence electrons. The first-order chi connectivity index (χ1) is 10.5. The monoisotopic (exact) mass is 331 g/mol. The summed E-state index contributed by atoms with van der Waals surface area (Å²) in [4.78, 5) is 12.0. The molecule has 0 radical (unpaired) electrons. The molecular formula is C15H25NO5S. The van der Waals surface area contributed by atoms with Crippen LogP contribution in [0, 0.1) is 17.8 Å². The highest BCUT2D eigenvalue weighted by atomic mass is 32.2. The van der Waals surface area contributed by atoms with Crippen LogP contribution in [0.4, 0.5) is 0 Å².